The van der Waals surface area contributed by atoms with Crippen molar-refractivity contribution in [2.24, 2.45) is 11.3 Å². The summed E-state index contributed by atoms with van der Waals surface area (Å²) in [6.07, 6.45) is 5.23. The average molecular weight is 284 g/mol. The molecule has 1 aliphatic rings. The molecule has 1 rings (SSSR count). The van der Waals surface area contributed by atoms with Gasteiger partial charge < -0.3 is 14.5 Å². The van der Waals surface area contributed by atoms with Gasteiger partial charge in [0.1, 0.15) is 0 Å². The van der Waals surface area contributed by atoms with E-state index in [1.807, 2.05) is 7.11 Å². The molecule has 1 saturated heterocycles. The van der Waals surface area contributed by atoms with Crippen LogP contribution in [0.2, 0.25) is 0 Å². The van der Waals surface area contributed by atoms with Crippen LogP contribution in [0.3, 0.4) is 0 Å². The number of ether oxygens (including phenoxy) is 1. The normalized spacial score (nSPS) is 20.2. The molecule has 3 nitrogen and oxygen atoms in total. The minimum atomic E-state index is 0.437. The fourth-order valence-corrected chi connectivity index (χ4v) is 3.17. The average Bonchev–Trinajstić information content (AvgIpc) is 2.36. The molecule has 0 amide bonds. The van der Waals surface area contributed by atoms with Crippen LogP contribution in [0.5, 0.6) is 0 Å². The van der Waals surface area contributed by atoms with Gasteiger partial charge in [0.2, 0.25) is 0 Å². The zero-order chi connectivity index (χ0) is 15.0. The van der Waals surface area contributed by atoms with Crippen molar-refractivity contribution in [3.8, 4) is 0 Å². The lowest BCUT2D eigenvalue weighted by molar-refractivity contribution is 0.138. The van der Waals surface area contributed by atoms with E-state index in [1.54, 1.807) is 0 Å². The summed E-state index contributed by atoms with van der Waals surface area (Å²) < 4.78 is 5.28. The Morgan fingerprint density at radius 2 is 1.70 bits per heavy atom. The largest absolute Gasteiger partial charge is 0.385 e. The number of hydrogen-bond acceptors (Lipinski definition) is 3. The zero-order valence-electron chi connectivity index (χ0n) is 14.5. The summed E-state index contributed by atoms with van der Waals surface area (Å²) in [5.41, 5.74) is 0.437. The van der Waals surface area contributed by atoms with E-state index in [0.717, 1.165) is 12.5 Å². The first-order chi connectivity index (χ1) is 9.40. The lowest BCUT2D eigenvalue weighted by Crippen LogP contribution is -2.44. The summed E-state index contributed by atoms with van der Waals surface area (Å²) in [4.78, 5) is 5.06. The highest BCUT2D eigenvalue weighted by Crippen LogP contribution is 2.29. The fraction of sp³-hybridized carbons (Fsp3) is 1.00. The Labute approximate surface area is 126 Å². The van der Waals surface area contributed by atoms with Gasteiger partial charge in [0, 0.05) is 39.9 Å². The lowest BCUT2D eigenvalue weighted by atomic mass is 9.81. The van der Waals surface area contributed by atoms with Gasteiger partial charge in [-0.3, -0.25) is 0 Å². The van der Waals surface area contributed by atoms with Crippen LogP contribution in [0.4, 0.5) is 0 Å². The van der Waals surface area contributed by atoms with Crippen LogP contribution in [0.15, 0.2) is 0 Å². The number of nitrogens with zero attached hydrogens (tertiary/aromatic N) is 2. The Balaban J connectivity index is 2.23. The van der Waals surface area contributed by atoms with E-state index < -0.39 is 0 Å². The van der Waals surface area contributed by atoms with Crippen LogP contribution >= 0.6 is 0 Å². The number of hydrogen-bond donors (Lipinski definition) is 0. The predicted molar refractivity (Wildman–Crippen MR) is 87.2 cm³/mol. The third kappa shape index (κ3) is 8.23. The quantitative estimate of drug-likeness (QED) is 0.681. The third-order valence-electron chi connectivity index (χ3n) is 4.31. The molecule has 0 aromatic heterocycles. The number of methoxy groups -OCH3 is 1. The molecule has 0 aromatic rings. The van der Waals surface area contributed by atoms with Crippen LogP contribution in [0, 0.1) is 11.3 Å². The Bertz CT molecular complexity index is 242. The second-order valence-electron chi connectivity index (χ2n) is 7.70. The predicted octanol–water partition coefficient (Wildman–Crippen LogP) is 3.10. The first-order valence-electron chi connectivity index (χ1n) is 8.30. The number of likely N-dealkylation sites (N-methyl/N-ethyl adjacent to an activating group) is 1. The van der Waals surface area contributed by atoms with E-state index in [-0.39, 0.29) is 0 Å². The van der Waals surface area contributed by atoms with E-state index in [0.29, 0.717) is 5.41 Å². The summed E-state index contributed by atoms with van der Waals surface area (Å²) in [6.45, 7) is 14.2. The molecule has 0 radical (unpaired) electrons. The van der Waals surface area contributed by atoms with E-state index in [4.69, 9.17) is 4.74 Å². The van der Waals surface area contributed by atoms with Gasteiger partial charge in [0.05, 0.1) is 0 Å². The first-order valence-corrected chi connectivity index (χ1v) is 8.30. The topological polar surface area (TPSA) is 15.7 Å². The van der Waals surface area contributed by atoms with Gasteiger partial charge >= 0.3 is 0 Å². The van der Waals surface area contributed by atoms with Gasteiger partial charge in [0.25, 0.3) is 0 Å². The standard InChI is InChI=1S/C17H36N2O/c1-17(2,3)15-16(8-14-20-5)7-6-9-19-12-10-18(4)11-13-19/h16H,6-15H2,1-5H3/t16-/m0/s1. The van der Waals surface area contributed by atoms with Gasteiger partial charge in [-0.05, 0) is 50.6 Å². The number of rotatable bonds is 8. The van der Waals surface area contributed by atoms with E-state index in [9.17, 15) is 0 Å². The highest BCUT2D eigenvalue weighted by Gasteiger charge is 2.19. The molecular weight excluding hydrogens is 248 g/mol. The maximum atomic E-state index is 5.28. The molecule has 120 valence electrons. The van der Waals surface area contributed by atoms with Gasteiger partial charge in [-0.1, -0.05) is 20.8 Å². The third-order valence-corrected chi connectivity index (χ3v) is 4.31. The minimum Gasteiger partial charge on any atom is -0.385 e. The van der Waals surface area contributed by atoms with Crippen LogP contribution in [-0.2, 0) is 4.74 Å². The van der Waals surface area contributed by atoms with E-state index >= 15 is 0 Å². The molecule has 0 unspecified atom stereocenters. The van der Waals surface area contributed by atoms with Crippen LogP contribution < -0.4 is 0 Å². The molecule has 0 bridgehead atoms. The molecule has 1 atom stereocenters. The van der Waals surface area contributed by atoms with E-state index in [1.165, 1.54) is 58.4 Å². The summed E-state index contributed by atoms with van der Waals surface area (Å²) in [7, 11) is 4.04. The molecule has 0 aliphatic carbocycles. The summed E-state index contributed by atoms with van der Waals surface area (Å²) >= 11 is 0. The van der Waals surface area contributed by atoms with Crippen LogP contribution in [0.25, 0.3) is 0 Å². The SMILES string of the molecule is COCC[C@H](CCCN1CCN(C)CC1)CC(C)(C)C. The minimum absolute atomic E-state index is 0.437. The molecule has 20 heavy (non-hydrogen) atoms. The van der Waals surface area contributed by atoms with Crippen molar-refractivity contribution in [3.05, 3.63) is 0 Å². The van der Waals surface area contributed by atoms with Crippen molar-refractivity contribution in [2.45, 2.75) is 46.5 Å². The molecule has 0 N–H and O–H groups in total. The van der Waals surface area contributed by atoms with Gasteiger partial charge in [-0.15, -0.1) is 0 Å². The second-order valence-corrected chi connectivity index (χ2v) is 7.70. The molecular formula is C17H36N2O. The van der Waals surface area contributed by atoms with Crippen molar-refractivity contribution in [1.29, 1.82) is 0 Å². The molecule has 0 saturated carbocycles. The smallest absolute Gasteiger partial charge is 0.0464 e. The van der Waals surface area contributed by atoms with Crippen molar-refractivity contribution in [3.63, 3.8) is 0 Å². The van der Waals surface area contributed by atoms with Crippen molar-refractivity contribution in [1.82, 2.24) is 9.80 Å². The maximum Gasteiger partial charge on any atom is 0.0464 e. The van der Waals surface area contributed by atoms with E-state index in [2.05, 4.69) is 37.6 Å². The van der Waals surface area contributed by atoms with Crippen molar-refractivity contribution < 1.29 is 4.74 Å². The molecule has 0 aromatic carbocycles. The molecule has 1 aliphatic heterocycles. The number of piperazine rings is 1. The Morgan fingerprint density at radius 3 is 2.25 bits per heavy atom. The monoisotopic (exact) mass is 284 g/mol. The second kappa shape index (κ2) is 9.01. The highest BCUT2D eigenvalue weighted by molar-refractivity contribution is 4.72. The zero-order valence-corrected chi connectivity index (χ0v) is 14.5. The summed E-state index contributed by atoms with van der Waals surface area (Å²) in [5, 5.41) is 0. The Hall–Kier alpha value is -0.120. The summed E-state index contributed by atoms with van der Waals surface area (Å²) in [5.74, 6) is 0.822. The Morgan fingerprint density at radius 1 is 1.05 bits per heavy atom. The molecule has 1 fully saturated rings. The molecule has 3 heteroatoms. The maximum absolute atomic E-state index is 5.28. The lowest BCUT2D eigenvalue weighted by Gasteiger charge is -2.33. The van der Waals surface area contributed by atoms with Crippen LogP contribution in [0.1, 0.15) is 46.5 Å². The fourth-order valence-electron chi connectivity index (χ4n) is 3.17. The van der Waals surface area contributed by atoms with Gasteiger partial charge in [-0.2, -0.15) is 0 Å². The van der Waals surface area contributed by atoms with Gasteiger partial charge in [-0.25, -0.2) is 0 Å². The molecule has 0 spiro atoms. The van der Waals surface area contributed by atoms with Gasteiger partial charge in [0.15, 0.2) is 0 Å². The first kappa shape index (κ1) is 17.9. The van der Waals surface area contributed by atoms with Crippen molar-refractivity contribution >= 4 is 0 Å². The van der Waals surface area contributed by atoms with Crippen molar-refractivity contribution in [2.75, 3.05) is 53.5 Å². The highest BCUT2D eigenvalue weighted by atomic mass is 16.5. The molecule has 1 heterocycles. The van der Waals surface area contributed by atoms with Crippen LogP contribution in [-0.4, -0.2) is 63.3 Å². The Kier molecular flexibility index (Phi) is 8.08. The summed E-state index contributed by atoms with van der Waals surface area (Å²) in [6, 6.07) is 0.